The first-order valence-corrected chi connectivity index (χ1v) is 7.47. The molecule has 9 heteroatoms. The van der Waals surface area contributed by atoms with E-state index in [1.807, 2.05) is 0 Å². The van der Waals surface area contributed by atoms with Gasteiger partial charge in [-0.1, -0.05) is 0 Å². The average molecular weight is 283 g/mol. The summed E-state index contributed by atoms with van der Waals surface area (Å²) in [5.41, 5.74) is 0. The third-order valence-electron chi connectivity index (χ3n) is 2.37. The lowest BCUT2D eigenvalue weighted by molar-refractivity contribution is -0.138. The lowest BCUT2D eigenvalue weighted by atomic mass is 10.1. The molecule has 1 aliphatic rings. The van der Waals surface area contributed by atoms with E-state index in [4.69, 9.17) is 13.1 Å². The first kappa shape index (κ1) is 16.7. The van der Waals surface area contributed by atoms with E-state index in [0.29, 0.717) is 13.1 Å². The van der Waals surface area contributed by atoms with Crippen LogP contribution >= 0.6 is 11.6 Å². The van der Waals surface area contributed by atoms with Crippen molar-refractivity contribution in [2.75, 3.05) is 32.3 Å². The number of carbonyl (C=O) groups is 1. The minimum absolute atomic E-state index is 0.141. The molecule has 1 saturated heterocycles. The molecule has 0 aromatic rings. The van der Waals surface area contributed by atoms with Crippen LogP contribution in [-0.2, 0) is 14.8 Å². The molecule has 98 valence electrons. The van der Waals surface area contributed by atoms with Crippen molar-refractivity contribution in [3.63, 3.8) is 0 Å². The number of sulfonamides is 1. The van der Waals surface area contributed by atoms with E-state index in [1.165, 1.54) is 15.5 Å². The Morgan fingerprint density at radius 1 is 1.47 bits per heavy atom. The van der Waals surface area contributed by atoms with Gasteiger partial charge < -0.3 is 9.92 Å². The number of carboxylic acid groups (broad SMARTS) is 1. The number of hydrogen-bond donors (Lipinski definition) is 1. The minimum Gasteiger partial charge on any atom is -0.481 e. The molecule has 6 nitrogen and oxygen atoms in total. The molecule has 0 aliphatic carbocycles. The molecule has 0 spiro atoms. The highest BCUT2D eigenvalue weighted by atomic mass is 35.5. The first-order chi connectivity index (χ1) is 7.80. The Balaban J connectivity index is 0.00000121. The normalized spacial score (nSPS) is 22.6. The fourth-order valence-corrected chi connectivity index (χ4v) is 2.38. The molecule has 1 heterocycles. The van der Waals surface area contributed by atoms with Gasteiger partial charge in [0.05, 0.1) is 12.7 Å². The Bertz CT molecular complexity index is 351. The molecular weight excluding hydrogens is 266 g/mol. The number of carboxylic acids is 1. The highest BCUT2D eigenvalue weighted by Crippen LogP contribution is 2.13. The van der Waals surface area contributed by atoms with Gasteiger partial charge in [-0.3, -0.25) is 4.79 Å². The second-order valence-electron chi connectivity index (χ2n) is 3.61. The van der Waals surface area contributed by atoms with Crippen molar-refractivity contribution >= 4 is 35.6 Å². The fourth-order valence-electron chi connectivity index (χ4n) is 1.53. The molecule has 0 bridgehead atoms. The van der Waals surface area contributed by atoms with Gasteiger partial charge in [0, 0.05) is 32.1 Å². The van der Waals surface area contributed by atoms with Crippen LogP contribution in [0.3, 0.4) is 0 Å². The van der Waals surface area contributed by atoms with Crippen molar-refractivity contribution in [3.8, 4) is 0 Å². The monoisotopic (exact) mass is 282 g/mol. The first-order valence-electron chi connectivity index (χ1n) is 4.86. The molecule has 1 fully saturated rings. The summed E-state index contributed by atoms with van der Waals surface area (Å²) in [5.74, 6) is -0.981. The van der Waals surface area contributed by atoms with Crippen LogP contribution in [0.5, 0.6) is 0 Å². The zero-order valence-corrected chi connectivity index (χ0v) is 11.4. The quantitative estimate of drug-likeness (QED) is 0.549. The summed E-state index contributed by atoms with van der Waals surface area (Å²) in [7, 11) is 2.32. The Labute approximate surface area is 108 Å². The number of aliphatic carboxylic acids is 1. The summed E-state index contributed by atoms with van der Waals surface area (Å²) < 4.78 is 23.7. The highest BCUT2D eigenvalue weighted by molar-refractivity contribution is 7.88. The van der Waals surface area contributed by atoms with E-state index < -0.39 is 22.0 Å². The fraction of sp³-hybridized carbons (Fsp3) is 0.875. The largest absolute Gasteiger partial charge is 0.481 e. The molecular formula is C8H16BClN2O4S. The number of alkyl halides is 1. The van der Waals surface area contributed by atoms with E-state index in [1.54, 1.807) is 0 Å². The van der Waals surface area contributed by atoms with E-state index in [2.05, 4.69) is 11.6 Å². The van der Waals surface area contributed by atoms with Gasteiger partial charge in [-0.2, -0.15) is 4.31 Å². The number of rotatable bonds is 3. The zero-order chi connectivity index (χ0) is 13.6. The third kappa shape index (κ3) is 5.72. The molecule has 0 aromatic heterocycles. The predicted molar refractivity (Wildman–Crippen MR) is 66.7 cm³/mol. The van der Waals surface area contributed by atoms with Crippen molar-refractivity contribution in [2.45, 2.75) is 12.5 Å². The standard InChI is InChI=1S/C7H13BN2O4S.CH3Cl/c1-15(13,14)9-2-3-10(8)6(5-9)4-7(11)12;1-2/h6H,2-5H2,1H3,(H,11,12);1H3. The van der Waals surface area contributed by atoms with Crippen LogP contribution in [0.1, 0.15) is 6.42 Å². The van der Waals surface area contributed by atoms with Gasteiger partial charge in [0.1, 0.15) is 0 Å². The average Bonchev–Trinajstić information content (AvgIpc) is 2.22. The summed E-state index contributed by atoms with van der Waals surface area (Å²) in [6, 6.07) is -0.453. The van der Waals surface area contributed by atoms with Crippen LogP contribution in [0.25, 0.3) is 0 Å². The van der Waals surface area contributed by atoms with Gasteiger partial charge in [-0.15, -0.1) is 11.6 Å². The summed E-state index contributed by atoms with van der Waals surface area (Å²) in [6.45, 7) is 0.804. The van der Waals surface area contributed by atoms with Gasteiger partial charge in [-0.05, 0) is 0 Å². The van der Waals surface area contributed by atoms with Gasteiger partial charge in [0.15, 0.2) is 7.98 Å². The van der Waals surface area contributed by atoms with Crippen molar-refractivity contribution in [1.82, 2.24) is 9.12 Å². The molecule has 0 aromatic carbocycles. The maximum absolute atomic E-state index is 11.2. The van der Waals surface area contributed by atoms with E-state index >= 15 is 0 Å². The number of hydrogen-bond acceptors (Lipinski definition) is 4. The van der Waals surface area contributed by atoms with E-state index in [-0.39, 0.29) is 13.0 Å². The molecule has 1 aliphatic heterocycles. The molecule has 17 heavy (non-hydrogen) atoms. The topological polar surface area (TPSA) is 77.9 Å². The lowest BCUT2D eigenvalue weighted by Crippen LogP contribution is -2.54. The molecule has 1 atom stereocenters. The number of halogens is 1. The summed E-state index contributed by atoms with van der Waals surface area (Å²) in [5, 5.41) is 8.62. The number of piperazine rings is 1. The molecule has 2 radical (unpaired) electrons. The summed E-state index contributed by atoms with van der Waals surface area (Å²) >= 11 is 4.64. The molecule has 0 saturated carbocycles. The Morgan fingerprint density at radius 3 is 2.41 bits per heavy atom. The van der Waals surface area contributed by atoms with Crippen molar-refractivity contribution in [3.05, 3.63) is 0 Å². The SMILES string of the molecule is CCl.[B]N1CCN(S(C)(=O)=O)CC1CC(=O)O. The van der Waals surface area contributed by atoms with Crippen LogP contribution in [-0.4, -0.2) is 74.9 Å². The Morgan fingerprint density at radius 2 is 2.00 bits per heavy atom. The van der Waals surface area contributed by atoms with Gasteiger partial charge in [0.2, 0.25) is 10.0 Å². The lowest BCUT2D eigenvalue weighted by Gasteiger charge is -2.38. The second kappa shape index (κ2) is 7.20. The molecule has 1 rings (SSSR count). The Kier molecular flexibility index (Phi) is 7.07. The predicted octanol–water partition coefficient (Wildman–Crippen LogP) is -0.655. The van der Waals surface area contributed by atoms with E-state index in [0.717, 1.165) is 6.26 Å². The molecule has 0 amide bonds. The molecule has 1 N–H and O–H groups in total. The molecule has 1 unspecified atom stereocenters. The Hall–Kier alpha value is -0.305. The second-order valence-corrected chi connectivity index (χ2v) is 5.59. The minimum atomic E-state index is -3.26. The highest BCUT2D eigenvalue weighted by Gasteiger charge is 2.29. The summed E-state index contributed by atoms with van der Waals surface area (Å²) in [4.78, 5) is 11.9. The van der Waals surface area contributed by atoms with Crippen molar-refractivity contribution in [2.24, 2.45) is 0 Å². The van der Waals surface area contributed by atoms with Crippen molar-refractivity contribution in [1.29, 1.82) is 0 Å². The summed E-state index contributed by atoms with van der Waals surface area (Å²) in [6.07, 6.45) is 2.43. The zero-order valence-electron chi connectivity index (χ0n) is 9.84. The van der Waals surface area contributed by atoms with Gasteiger partial charge in [0.25, 0.3) is 0 Å². The van der Waals surface area contributed by atoms with E-state index in [9.17, 15) is 13.2 Å². The van der Waals surface area contributed by atoms with Crippen LogP contribution in [0, 0.1) is 0 Å². The van der Waals surface area contributed by atoms with Gasteiger partial charge in [-0.25, -0.2) is 8.42 Å². The smallest absolute Gasteiger partial charge is 0.304 e. The van der Waals surface area contributed by atoms with Crippen LogP contribution < -0.4 is 0 Å². The van der Waals surface area contributed by atoms with Crippen LogP contribution in [0.4, 0.5) is 0 Å². The maximum atomic E-state index is 11.2. The van der Waals surface area contributed by atoms with Crippen molar-refractivity contribution < 1.29 is 18.3 Å². The maximum Gasteiger partial charge on any atom is 0.304 e. The van der Waals surface area contributed by atoms with Gasteiger partial charge >= 0.3 is 5.97 Å². The third-order valence-corrected chi connectivity index (χ3v) is 3.64. The number of nitrogens with zero attached hydrogens (tertiary/aromatic N) is 2. The van der Waals surface area contributed by atoms with Crippen LogP contribution in [0.15, 0.2) is 0 Å². The van der Waals surface area contributed by atoms with Crippen LogP contribution in [0.2, 0.25) is 0 Å².